The lowest BCUT2D eigenvalue weighted by molar-refractivity contribution is -0.126. The molecule has 1 aliphatic rings. The second kappa shape index (κ2) is 7.14. The van der Waals surface area contributed by atoms with Crippen LogP contribution < -0.4 is 5.32 Å². The van der Waals surface area contributed by atoms with Gasteiger partial charge in [0.05, 0.1) is 17.5 Å². The maximum absolute atomic E-state index is 12.4. The third kappa shape index (κ3) is 4.38. The Morgan fingerprint density at radius 3 is 2.64 bits per heavy atom. The van der Waals surface area contributed by atoms with Crippen LogP contribution in [0.3, 0.4) is 0 Å². The molecular weight excluding hydrogens is 336 g/mol. The second-order valence-corrected chi connectivity index (χ2v) is 9.11. The highest BCUT2D eigenvalue weighted by Gasteiger charge is 2.30. The number of hydrogen-bond donors (Lipinski definition) is 1. The topological polar surface area (TPSA) is 66.5 Å². The van der Waals surface area contributed by atoms with Crippen LogP contribution in [0.1, 0.15) is 18.9 Å². The van der Waals surface area contributed by atoms with E-state index in [1.807, 2.05) is 31.0 Å². The van der Waals surface area contributed by atoms with Crippen molar-refractivity contribution in [3.8, 4) is 0 Å². The number of rotatable bonds is 5. The zero-order valence-electron chi connectivity index (χ0n) is 14.6. The van der Waals surface area contributed by atoms with Crippen molar-refractivity contribution in [2.24, 2.45) is 0 Å². The second-order valence-electron chi connectivity index (χ2n) is 6.88. The predicted octanol–water partition coefficient (Wildman–Crippen LogP) is 1.96. The van der Waals surface area contributed by atoms with Crippen LogP contribution in [0.5, 0.6) is 0 Å². The Morgan fingerprint density at radius 2 is 1.96 bits per heavy atom. The summed E-state index contributed by atoms with van der Waals surface area (Å²) in [5, 5.41) is 5.25. The van der Waals surface area contributed by atoms with Crippen molar-refractivity contribution >= 4 is 26.5 Å². The molecule has 134 valence electrons. The number of likely N-dealkylation sites (N-methyl/N-ethyl adjacent to an activating group) is 1. The molecule has 1 aliphatic heterocycles. The van der Waals surface area contributed by atoms with Crippen LogP contribution in [-0.4, -0.2) is 49.9 Å². The molecule has 6 heteroatoms. The van der Waals surface area contributed by atoms with Crippen LogP contribution in [-0.2, 0) is 21.2 Å². The summed E-state index contributed by atoms with van der Waals surface area (Å²) < 4.78 is 23.0. The molecule has 0 radical (unpaired) electrons. The van der Waals surface area contributed by atoms with Gasteiger partial charge in [-0.2, -0.15) is 0 Å². The highest BCUT2D eigenvalue weighted by molar-refractivity contribution is 7.91. The molecule has 0 bridgehead atoms. The van der Waals surface area contributed by atoms with Gasteiger partial charge in [-0.3, -0.25) is 9.69 Å². The summed E-state index contributed by atoms with van der Waals surface area (Å²) in [6, 6.07) is 13.9. The zero-order chi connectivity index (χ0) is 18.0. The minimum absolute atomic E-state index is 0.0554. The van der Waals surface area contributed by atoms with Crippen molar-refractivity contribution in [1.29, 1.82) is 0 Å². The van der Waals surface area contributed by atoms with Crippen LogP contribution in [0.4, 0.5) is 0 Å². The van der Waals surface area contributed by atoms with E-state index in [-0.39, 0.29) is 29.5 Å². The zero-order valence-corrected chi connectivity index (χ0v) is 15.4. The maximum Gasteiger partial charge on any atom is 0.237 e. The lowest BCUT2D eigenvalue weighted by Gasteiger charge is -2.25. The van der Waals surface area contributed by atoms with E-state index in [9.17, 15) is 13.2 Å². The highest BCUT2D eigenvalue weighted by atomic mass is 32.2. The van der Waals surface area contributed by atoms with E-state index in [1.54, 1.807) is 0 Å². The first-order valence-corrected chi connectivity index (χ1v) is 10.3. The lowest BCUT2D eigenvalue weighted by atomic mass is 10.1. The fourth-order valence-corrected chi connectivity index (χ4v) is 4.87. The van der Waals surface area contributed by atoms with Gasteiger partial charge in [0.25, 0.3) is 0 Å². The van der Waals surface area contributed by atoms with E-state index < -0.39 is 9.84 Å². The van der Waals surface area contributed by atoms with Crippen molar-refractivity contribution < 1.29 is 13.2 Å². The van der Waals surface area contributed by atoms with E-state index in [4.69, 9.17) is 0 Å². The molecule has 25 heavy (non-hydrogen) atoms. The molecule has 2 aromatic rings. The van der Waals surface area contributed by atoms with Gasteiger partial charge < -0.3 is 5.32 Å². The van der Waals surface area contributed by atoms with E-state index >= 15 is 0 Å². The summed E-state index contributed by atoms with van der Waals surface area (Å²) in [5.41, 5.74) is 1.14. The highest BCUT2D eigenvalue weighted by Crippen LogP contribution is 2.17. The van der Waals surface area contributed by atoms with Crippen molar-refractivity contribution in [2.45, 2.75) is 32.0 Å². The van der Waals surface area contributed by atoms with Crippen molar-refractivity contribution in [1.82, 2.24) is 10.2 Å². The third-order valence-corrected chi connectivity index (χ3v) is 6.63. The van der Waals surface area contributed by atoms with Gasteiger partial charge in [0.1, 0.15) is 0 Å². The van der Waals surface area contributed by atoms with Crippen molar-refractivity contribution in [2.75, 3.05) is 18.6 Å². The fraction of sp³-hybridized carbons (Fsp3) is 0.421. The molecule has 0 spiro atoms. The van der Waals surface area contributed by atoms with Gasteiger partial charge in [0.2, 0.25) is 5.91 Å². The molecular formula is C19H24N2O3S. The number of amides is 1. The predicted molar refractivity (Wildman–Crippen MR) is 100 cm³/mol. The number of nitrogens with one attached hydrogen (secondary N) is 1. The number of carbonyl (C=O) groups excluding carboxylic acids is 1. The SMILES string of the molecule is CC(C(=O)NC1CCS(=O)(=O)C1)N(C)Cc1ccc2ccccc2c1. The van der Waals surface area contributed by atoms with Crippen LogP contribution >= 0.6 is 0 Å². The molecule has 1 amide bonds. The Labute approximate surface area is 148 Å². The van der Waals surface area contributed by atoms with E-state index in [0.717, 1.165) is 5.56 Å². The average molecular weight is 360 g/mol. The van der Waals surface area contributed by atoms with Gasteiger partial charge in [-0.1, -0.05) is 36.4 Å². The molecule has 2 aromatic carbocycles. The lowest BCUT2D eigenvalue weighted by Crippen LogP contribution is -2.47. The first kappa shape index (κ1) is 17.9. The fourth-order valence-electron chi connectivity index (χ4n) is 3.19. The van der Waals surface area contributed by atoms with E-state index in [1.165, 1.54) is 10.8 Å². The average Bonchev–Trinajstić information content (AvgIpc) is 2.92. The molecule has 1 N–H and O–H groups in total. The summed E-state index contributed by atoms with van der Waals surface area (Å²) in [5.74, 6) is 0.101. The third-order valence-electron chi connectivity index (χ3n) is 4.87. The number of sulfone groups is 1. The molecule has 2 atom stereocenters. The summed E-state index contributed by atoms with van der Waals surface area (Å²) >= 11 is 0. The van der Waals surface area contributed by atoms with Crippen LogP contribution in [0.2, 0.25) is 0 Å². The normalized spacial score (nSPS) is 20.7. The monoisotopic (exact) mass is 360 g/mol. The summed E-state index contributed by atoms with van der Waals surface area (Å²) in [6.07, 6.45) is 0.509. The Hall–Kier alpha value is -1.92. The van der Waals surface area contributed by atoms with Crippen molar-refractivity contribution in [3.63, 3.8) is 0 Å². The largest absolute Gasteiger partial charge is 0.351 e. The number of carbonyl (C=O) groups is 1. The standard InChI is InChI=1S/C19H24N2O3S/c1-14(19(22)20-18-9-10-25(23,24)13-18)21(2)12-15-7-8-16-5-3-4-6-17(16)11-15/h3-8,11,14,18H,9-10,12-13H2,1-2H3,(H,20,22). The summed E-state index contributed by atoms with van der Waals surface area (Å²) in [4.78, 5) is 14.4. The van der Waals surface area contributed by atoms with Gasteiger partial charge in [-0.05, 0) is 42.8 Å². The van der Waals surface area contributed by atoms with Gasteiger partial charge >= 0.3 is 0 Å². The quantitative estimate of drug-likeness (QED) is 0.885. The molecule has 1 fully saturated rings. The molecule has 1 heterocycles. The Bertz CT molecular complexity index is 879. The number of benzene rings is 2. The molecule has 5 nitrogen and oxygen atoms in total. The van der Waals surface area contributed by atoms with Crippen molar-refractivity contribution in [3.05, 3.63) is 48.0 Å². The molecule has 3 rings (SSSR count). The van der Waals surface area contributed by atoms with Crippen LogP contribution in [0, 0.1) is 0 Å². The smallest absolute Gasteiger partial charge is 0.237 e. The van der Waals surface area contributed by atoms with Gasteiger partial charge in [-0.25, -0.2) is 8.42 Å². The Kier molecular flexibility index (Phi) is 5.11. The minimum Gasteiger partial charge on any atom is -0.351 e. The van der Waals surface area contributed by atoms with Gasteiger partial charge in [-0.15, -0.1) is 0 Å². The van der Waals surface area contributed by atoms with Crippen LogP contribution in [0.15, 0.2) is 42.5 Å². The number of nitrogens with zero attached hydrogens (tertiary/aromatic N) is 1. The van der Waals surface area contributed by atoms with Gasteiger partial charge in [0, 0.05) is 12.6 Å². The number of hydrogen-bond acceptors (Lipinski definition) is 4. The molecule has 1 saturated heterocycles. The maximum atomic E-state index is 12.4. The van der Waals surface area contributed by atoms with E-state index in [2.05, 4.69) is 35.6 Å². The van der Waals surface area contributed by atoms with Gasteiger partial charge in [0.15, 0.2) is 9.84 Å². The Morgan fingerprint density at radius 1 is 1.24 bits per heavy atom. The van der Waals surface area contributed by atoms with Crippen LogP contribution in [0.25, 0.3) is 10.8 Å². The molecule has 2 unspecified atom stereocenters. The Balaban J connectivity index is 1.61. The summed E-state index contributed by atoms with van der Waals surface area (Å²) in [6.45, 7) is 2.50. The first-order chi connectivity index (χ1) is 11.8. The molecule has 0 aliphatic carbocycles. The first-order valence-electron chi connectivity index (χ1n) is 8.53. The number of fused-ring (bicyclic) bond motifs is 1. The molecule has 0 saturated carbocycles. The summed E-state index contributed by atoms with van der Waals surface area (Å²) in [7, 11) is -1.08. The molecule has 0 aromatic heterocycles. The van der Waals surface area contributed by atoms with E-state index in [0.29, 0.717) is 13.0 Å². The minimum atomic E-state index is -2.98.